The van der Waals surface area contributed by atoms with Gasteiger partial charge in [0, 0.05) is 17.7 Å². The van der Waals surface area contributed by atoms with Crippen molar-refractivity contribution in [3.8, 4) is 23.0 Å². The van der Waals surface area contributed by atoms with Crippen LogP contribution < -0.4 is 9.47 Å². The Balaban J connectivity index is 1.41. The molecule has 0 unspecified atom stereocenters. The van der Waals surface area contributed by atoms with Crippen molar-refractivity contribution in [3.63, 3.8) is 0 Å². The van der Waals surface area contributed by atoms with Gasteiger partial charge in [-0.1, -0.05) is 6.07 Å². The van der Waals surface area contributed by atoms with Gasteiger partial charge in [-0.3, -0.25) is 0 Å². The first-order valence-corrected chi connectivity index (χ1v) is 11.8. The summed E-state index contributed by atoms with van der Waals surface area (Å²) in [5.74, 6) is 4.80. The van der Waals surface area contributed by atoms with Crippen LogP contribution in [0.15, 0.2) is 30.3 Å². The maximum atomic E-state index is 10.1. The minimum Gasteiger partial charge on any atom is -0.508 e. The molecule has 4 fully saturated rings. The molecule has 2 aromatic carbocycles. The lowest BCUT2D eigenvalue weighted by molar-refractivity contribution is -0.00621. The first-order valence-electron chi connectivity index (χ1n) is 11.8. The fourth-order valence-corrected chi connectivity index (χ4v) is 7.25. The van der Waals surface area contributed by atoms with E-state index >= 15 is 0 Å². The molecule has 4 aliphatic carbocycles. The van der Waals surface area contributed by atoms with E-state index in [9.17, 15) is 10.2 Å². The molecule has 0 atom stereocenters. The normalized spacial score (nSPS) is 28.6. The Morgan fingerprint density at radius 2 is 1.42 bits per heavy atom. The van der Waals surface area contributed by atoms with Crippen molar-refractivity contribution in [2.45, 2.75) is 63.2 Å². The number of phenols is 2. The topological polar surface area (TPSA) is 58.9 Å². The van der Waals surface area contributed by atoms with Crippen molar-refractivity contribution in [3.05, 3.63) is 47.0 Å². The highest BCUT2D eigenvalue weighted by Gasteiger charge is 2.52. The molecular weight excluding hydrogens is 388 g/mol. The molecule has 2 N–H and O–H groups in total. The standard InChI is InChI=1S/C27H34O4/c1-30-25-13-26(31-2)23(27-14-17-8-18(15-27)10-19(9-17)16-27)11-21(25)5-3-4-20-6-7-22(28)12-24(20)29/h6-7,11-13,17-19,28-29H,3-5,8-10,14-16H2,1-2H3. The Kier molecular flexibility index (Phi) is 5.27. The third kappa shape index (κ3) is 3.75. The maximum absolute atomic E-state index is 10.1. The predicted octanol–water partition coefficient (Wildman–Crippen LogP) is 5.76. The molecule has 0 heterocycles. The lowest BCUT2D eigenvalue weighted by Gasteiger charge is -2.57. The summed E-state index contributed by atoms with van der Waals surface area (Å²) in [5.41, 5.74) is 3.77. The van der Waals surface area contributed by atoms with E-state index in [1.54, 1.807) is 26.4 Å². The van der Waals surface area contributed by atoms with Crippen LogP contribution in [0.1, 0.15) is 61.6 Å². The highest BCUT2D eigenvalue weighted by molar-refractivity contribution is 5.51. The number of ether oxygens (including phenoxy) is 2. The molecule has 0 aromatic heterocycles. The second kappa shape index (κ2) is 7.96. The highest BCUT2D eigenvalue weighted by Crippen LogP contribution is 2.62. The number of aryl methyl sites for hydroxylation is 2. The monoisotopic (exact) mass is 422 g/mol. The van der Waals surface area contributed by atoms with Crippen LogP contribution in [0.5, 0.6) is 23.0 Å². The van der Waals surface area contributed by atoms with Crippen LogP contribution in [-0.2, 0) is 18.3 Å². The average Bonchev–Trinajstić information content (AvgIpc) is 2.74. The van der Waals surface area contributed by atoms with Gasteiger partial charge in [0.2, 0.25) is 0 Å². The van der Waals surface area contributed by atoms with Gasteiger partial charge in [0.1, 0.15) is 23.0 Å². The number of hydrogen-bond acceptors (Lipinski definition) is 4. The summed E-state index contributed by atoms with van der Waals surface area (Å²) < 4.78 is 11.6. The Hall–Kier alpha value is -2.36. The van der Waals surface area contributed by atoms with Gasteiger partial charge in [-0.2, -0.15) is 0 Å². The quantitative estimate of drug-likeness (QED) is 0.596. The third-order valence-corrected chi connectivity index (χ3v) is 8.17. The summed E-state index contributed by atoms with van der Waals surface area (Å²) in [4.78, 5) is 0. The average molecular weight is 423 g/mol. The Labute approximate surface area is 185 Å². The molecule has 0 radical (unpaired) electrons. The SMILES string of the molecule is COc1cc(OC)c(C23CC4CC(CC(C4)C2)C3)cc1CCCc1ccc(O)cc1O. The van der Waals surface area contributed by atoms with Gasteiger partial charge in [0.15, 0.2) is 0 Å². The van der Waals surface area contributed by atoms with Crippen molar-refractivity contribution >= 4 is 0 Å². The lowest BCUT2D eigenvalue weighted by atomic mass is 9.48. The van der Waals surface area contributed by atoms with E-state index in [-0.39, 0.29) is 16.9 Å². The molecule has 166 valence electrons. The molecule has 4 heteroatoms. The van der Waals surface area contributed by atoms with Crippen LogP contribution in [-0.4, -0.2) is 24.4 Å². The van der Waals surface area contributed by atoms with E-state index < -0.39 is 0 Å². The summed E-state index contributed by atoms with van der Waals surface area (Å²) >= 11 is 0. The van der Waals surface area contributed by atoms with Crippen LogP contribution in [0, 0.1) is 17.8 Å². The number of hydrogen-bond donors (Lipinski definition) is 2. The van der Waals surface area contributed by atoms with Crippen LogP contribution >= 0.6 is 0 Å². The van der Waals surface area contributed by atoms with Gasteiger partial charge in [0.25, 0.3) is 0 Å². The fraction of sp³-hybridized carbons (Fsp3) is 0.556. The van der Waals surface area contributed by atoms with Crippen molar-refractivity contribution in [1.29, 1.82) is 0 Å². The van der Waals surface area contributed by atoms with Crippen molar-refractivity contribution < 1.29 is 19.7 Å². The molecule has 4 saturated carbocycles. The molecular formula is C27H34O4. The van der Waals surface area contributed by atoms with Crippen LogP contribution in [0.25, 0.3) is 0 Å². The van der Waals surface area contributed by atoms with Crippen molar-refractivity contribution in [1.82, 2.24) is 0 Å². The van der Waals surface area contributed by atoms with Gasteiger partial charge < -0.3 is 19.7 Å². The van der Waals surface area contributed by atoms with E-state index in [1.807, 2.05) is 0 Å². The first-order chi connectivity index (χ1) is 15.0. The van der Waals surface area contributed by atoms with Crippen LogP contribution in [0.4, 0.5) is 0 Å². The maximum Gasteiger partial charge on any atom is 0.126 e. The zero-order valence-electron chi connectivity index (χ0n) is 18.7. The first kappa shape index (κ1) is 20.5. The van der Waals surface area contributed by atoms with Gasteiger partial charge in [-0.05, 0) is 104 Å². The van der Waals surface area contributed by atoms with E-state index in [1.165, 1.54) is 55.7 Å². The molecule has 0 aliphatic heterocycles. The molecule has 4 aliphatic rings. The highest BCUT2D eigenvalue weighted by atomic mass is 16.5. The largest absolute Gasteiger partial charge is 0.508 e. The summed E-state index contributed by atoms with van der Waals surface area (Å²) in [7, 11) is 3.51. The number of methoxy groups -OCH3 is 2. The summed E-state index contributed by atoms with van der Waals surface area (Å²) in [5, 5.41) is 19.6. The second-order valence-electron chi connectivity index (χ2n) is 10.2. The fourth-order valence-electron chi connectivity index (χ4n) is 7.25. The summed E-state index contributed by atoms with van der Waals surface area (Å²) in [6, 6.07) is 9.32. The molecule has 31 heavy (non-hydrogen) atoms. The number of phenolic OH excluding ortho intramolecular Hbond substituents is 2. The van der Waals surface area contributed by atoms with Gasteiger partial charge in [-0.25, -0.2) is 0 Å². The smallest absolute Gasteiger partial charge is 0.126 e. The van der Waals surface area contributed by atoms with E-state index in [0.29, 0.717) is 0 Å². The number of aromatic hydroxyl groups is 2. The third-order valence-electron chi connectivity index (χ3n) is 8.17. The lowest BCUT2D eigenvalue weighted by Crippen LogP contribution is -2.48. The molecule has 0 amide bonds. The Morgan fingerprint density at radius 3 is 2.00 bits per heavy atom. The van der Waals surface area contributed by atoms with Gasteiger partial charge >= 0.3 is 0 Å². The minimum atomic E-state index is 0.0956. The van der Waals surface area contributed by atoms with Crippen LogP contribution in [0.3, 0.4) is 0 Å². The molecule has 0 saturated heterocycles. The number of rotatable bonds is 7. The van der Waals surface area contributed by atoms with E-state index in [4.69, 9.17) is 9.47 Å². The molecule has 4 bridgehead atoms. The van der Waals surface area contributed by atoms with Gasteiger partial charge in [0.05, 0.1) is 14.2 Å². The second-order valence-corrected chi connectivity index (χ2v) is 10.2. The molecule has 0 spiro atoms. The van der Waals surface area contributed by atoms with Crippen molar-refractivity contribution in [2.24, 2.45) is 17.8 Å². The van der Waals surface area contributed by atoms with Gasteiger partial charge in [-0.15, -0.1) is 0 Å². The molecule has 6 rings (SSSR count). The summed E-state index contributed by atoms with van der Waals surface area (Å²) in [6.07, 6.45) is 10.8. The van der Waals surface area contributed by atoms with E-state index in [2.05, 4.69) is 12.1 Å². The predicted molar refractivity (Wildman–Crippen MR) is 121 cm³/mol. The Bertz CT molecular complexity index is 929. The zero-order valence-corrected chi connectivity index (χ0v) is 18.7. The van der Waals surface area contributed by atoms with E-state index in [0.717, 1.165) is 54.1 Å². The Morgan fingerprint density at radius 1 is 0.806 bits per heavy atom. The number of benzene rings is 2. The summed E-state index contributed by atoms with van der Waals surface area (Å²) in [6.45, 7) is 0. The van der Waals surface area contributed by atoms with Crippen LogP contribution in [0.2, 0.25) is 0 Å². The van der Waals surface area contributed by atoms with Crippen molar-refractivity contribution in [2.75, 3.05) is 14.2 Å². The molecule has 2 aromatic rings. The minimum absolute atomic E-state index is 0.0956. The zero-order chi connectivity index (χ0) is 21.6. The molecule has 4 nitrogen and oxygen atoms in total.